The number of ether oxygens (including phenoxy) is 3. The third kappa shape index (κ3) is 6.58. The summed E-state index contributed by atoms with van der Waals surface area (Å²) >= 11 is 0. The van der Waals surface area contributed by atoms with Crippen LogP contribution in [0.3, 0.4) is 0 Å². The van der Waals surface area contributed by atoms with Gasteiger partial charge in [-0.3, -0.25) is 9.59 Å². The van der Waals surface area contributed by atoms with Crippen LogP contribution >= 0.6 is 0 Å². The molecular formula is C22H23F2NO5. The lowest BCUT2D eigenvalue weighted by molar-refractivity contribution is -0.141. The Kier molecular flexibility index (Phi) is 8.34. The van der Waals surface area contributed by atoms with Gasteiger partial charge in [0.05, 0.1) is 26.7 Å². The highest BCUT2D eigenvalue weighted by atomic mass is 19.3. The molecule has 0 saturated heterocycles. The maximum atomic E-state index is 12.7. The van der Waals surface area contributed by atoms with E-state index in [1.165, 1.54) is 38.5 Å². The van der Waals surface area contributed by atoms with Gasteiger partial charge in [0.15, 0.2) is 11.5 Å². The van der Waals surface area contributed by atoms with E-state index in [0.717, 1.165) is 11.1 Å². The van der Waals surface area contributed by atoms with Crippen LogP contribution in [0.5, 0.6) is 11.5 Å². The molecule has 0 saturated carbocycles. The third-order valence-corrected chi connectivity index (χ3v) is 4.25. The second-order valence-corrected chi connectivity index (χ2v) is 6.34. The molecule has 2 aromatic rings. The van der Waals surface area contributed by atoms with Crippen LogP contribution in [0, 0.1) is 6.92 Å². The van der Waals surface area contributed by atoms with E-state index < -0.39 is 24.5 Å². The summed E-state index contributed by atoms with van der Waals surface area (Å²) in [6.45, 7) is -1.12. The van der Waals surface area contributed by atoms with Crippen LogP contribution < -0.4 is 14.8 Å². The molecule has 1 atom stereocenters. The molecule has 8 heteroatoms. The smallest absolute Gasteiger partial charge is 0.387 e. The molecule has 0 aliphatic carbocycles. The first-order chi connectivity index (χ1) is 14.3. The van der Waals surface area contributed by atoms with Gasteiger partial charge in [-0.05, 0) is 24.6 Å². The number of hydrogen-bond acceptors (Lipinski definition) is 5. The SMILES string of the molecule is COC(=O)CC(NC(=O)/C=C/c1cccc(OC)c1OC(F)F)c1ccc(C)cc1. The molecule has 0 radical (unpaired) electrons. The Hall–Kier alpha value is -3.42. The van der Waals surface area contributed by atoms with Gasteiger partial charge >= 0.3 is 12.6 Å². The molecule has 1 amide bonds. The fourth-order valence-corrected chi connectivity index (χ4v) is 2.73. The Morgan fingerprint density at radius 3 is 2.40 bits per heavy atom. The number of nitrogens with one attached hydrogen (secondary N) is 1. The zero-order valence-corrected chi connectivity index (χ0v) is 16.9. The van der Waals surface area contributed by atoms with Crippen molar-refractivity contribution in [2.45, 2.75) is 26.0 Å². The fraction of sp³-hybridized carbons (Fsp3) is 0.273. The van der Waals surface area contributed by atoms with Crippen molar-refractivity contribution in [1.29, 1.82) is 0 Å². The van der Waals surface area contributed by atoms with E-state index in [1.54, 1.807) is 6.07 Å². The van der Waals surface area contributed by atoms with E-state index in [9.17, 15) is 18.4 Å². The summed E-state index contributed by atoms with van der Waals surface area (Å²) in [5, 5.41) is 2.73. The number of esters is 1. The predicted molar refractivity (Wildman–Crippen MR) is 107 cm³/mol. The Morgan fingerprint density at radius 2 is 1.80 bits per heavy atom. The van der Waals surface area contributed by atoms with E-state index in [0.29, 0.717) is 0 Å². The van der Waals surface area contributed by atoms with Crippen molar-refractivity contribution in [1.82, 2.24) is 5.32 Å². The Balaban J connectivity index is 2.21. The molecule has 0 aliphatic heterocycles. The Bertz CT molecular complexity index is 897. The van der Waals surface area contributed by atoms with E-state index >= 15 is 0 Å². The second kappa shape index (κ2) is 10.9. The number of methoxy groups -OCH3 is 2. The summed E-state index contributed by atoms with van der Waals surface area (Å²) < 4.78 is 39.7. The van der Waals surface area contributed by atoms with Crippen LogP contribution in [0.25, 0.3) is 6.08 Å². The Labute approximate surface area is 173 Å². The molecule has 6 nitrogen and oxygen atoms in total. The van der Waals surface area contributed by atoms with Crippen molar-refractivity contribution in [3.8, 4) is 11.5 Å². The standard InChI is InChI=1S/C22H23F2NO5/c1-14-7-9-15(10-8-14)17(13-20(27)29-3)25-19(26)12-11-16-5-4-6-18(28-2)21(16)30-22(23)24/h4-12,17,22H,13H2,1-3H3,(H,25,26)/b12-11+. The average Bonchev–Trinajstić information content (AvgIpc) is 2.72. The summed E-state index contributed by atoms with van der Waals surface area (Å²) in [5.74, 6) is -1.06. The minimum absolute atomic E-state index is 0.0575. The lowest BCUT2D eigenvalue weighted by Gasteiger charge is -2.17. The summed E-state index contributed by atoms with van der Waals surface area (Å²) in [5.41, 5.74) is 2.01. The molecule has 0 bridgehead atoms. The topological polar surface area (TPSA) is 73.9 Å². The molecule has 0 aromatic heterocycles. The van der Waals surface area contributed by atoms with Crippen molar-refractivity contribution in [3.63, 3.8) is 0 Å². The molecule has 30 heavy (non-hydrogen) atoms. The number of halogens is 2. The molecule has 160 valence electrons. The first-order valence-electron chi connectivity index (χ1n) is 9.07. The highest BCUT2D eigenvalue weighted by Gasteiger charge is 2.18. The molecule has 1 N–H and O–H groups in total. The van der Waals surface area contributed by atoms with Gasteiger partial charge in [-0.25, -0.2) is 0 Å². The normalized spacial score (nSPS) is 11.9. The third-order valence-electron chi connectivity index (χ3n) is 4.25. The summed E-state index contributed by atoms with van der Waals surface area (Å²) in [6, 6.07) is 11.3. The highest BCUT2D eigenvalue weighted by Crippen LogP contribution is 2.33. The number of amides is 1. The molecule has 0 heterocycles. The number of para-hydroxylation sites is 1. The molecule has 0 aliphatic rings. The van der Waals surface area contributed by atoms with Crippen molar-refractivity contribution in [3.05, 3.63) is 65.2 Å². The molecule has 0 fully saturated rings. The largest absolute Gasteiger partial charge is 0.493 e. The number of rotatable bonds is 9. The van der Waals surface area contributed by atoms with Gasteiger partial charge in [-0.15, -0.1) is 0 Å². The van der Waals surface area contributed by atoms with Crippen molar-refractivity contribution in [2.75, 3.05) is 14.2 Å². The van der Waals surface area contributed by atoms with E-state index in [2.05, 4.69) is 10.1 Å². The number of benzene rings is 2. The van der Waals surface area contributed by atoms with Crippen LogP contribution in [0.2, 0.25) is 0 Å². The monoisotopic (exact) mass is 419 g/mol. The molecule has 1 unspecified atom stereocenters. The van der Waals surface area contributed by atoms with E-state index in [4.69, 9.17) is 9.47 Å². The number of carbonyl (C=O) groups is 2. The van der Waals surface area contributed by atoms with Gasteiger partial charge in [0.25, 0.3) is 0 Å². The molecule has 2 aromatic carbocycles. The van der Waals surface area contributed by atoms with Crippen LogP contribution in [0.15, 0.2) is 48.5 Å². The quantitative estimate of drug-likeness (QED) is 0.491. The Morgan fingerprint density at radius 1 is 1.10 bits per heavy atom. The maximum absolute atomic E-state index is 12.7. The van der Waals surface area contributed by atoms with Crippen LogP contribution in [0.1, 0.15) is 29.2 Å². The summed E-state index contributed by atoms with van der Waals surface area (Å²) in [7, 11) is 2.59. The van der Waals surface area contributed by atoms with Gasteiger partial charge < -0.3 is 19.5 Å². The lowest BCUT2D eigenvalue weighted by atomic mass is 10.0. The van der Waals surface area contributed by atoms with Gasteiger partial charge in [0, 0.05) is 11.6 Å². The summed E-state index contributed by atoms with van der Waals surface area (Å²) in [6.07, 6.45) is 2.45. The van der Waals surface area contributed by atoms with Crippen molar-refractivity contribution >= 4 is 18.0 Å². The van der Waals surface area contributed by atoms with Gasteiger partial charge in [-0.2, -0.15) is 8.78 Å². The number of hydrogen-bond donors (Lipinski definition) is 1. The minimum Gasteiger partial charge on any atom is -0.493 e. The van der Waals surface area contributed by atoms with E-state index in [-0.39, 0.29) is 23.5 Å². The second-order valence-electron chi connectivity index (χ2n) is 6.34. The summed E-state index contributed by atoms with van der Waals surface area (Å²) in [4.78, 5) is 24.2. The zero-order valence-electron chi connectivity index (χ0n) is 16.9. The number of alkyl halides is 2. The van der Waals surface area contributed by atoms with Crippen molar-refractivity contribution in [2.24, 2.45) is 0 Å². The van der Waals surface area contributed by atoms with Crippen LogP contribution in [-0.4, -0.2) is 32.7 Å². The number of aryl methyl sites for hydroxylation is 1. The average molecular weight is 419 g/mol. The number of carbonyl (C=O) groups excluding carboxylic acids is 2. The first kappa shape index (κ1) is 22.9. The molecule has 0 spiro atoms. The van der Waals surface area contributed by atoms with Crippen LogP contribution in [0.4, 0.5) is 8.78 Å². The predicted octanol–water partition coefficient (Wildman–Crippen LogP) is 4.04. The minimum atomic E-state index is -3.05. The molecular weight excluding hydrogens is 396 g/mol. The highest BCUT2D eigenvalue weighted by molar-refractivity contribution is 5.92. The van der Waals surface area contributed by atoms with Gasteiger partial charge in [-0.1, -0.05) is 42.0 Å². The van der Waals surface area contributed by atoms with Gasteiger partial charge in [0.2, 0.25) is 5.91 Å². The van der Waals surface area contributed by atoms with Crippen molar-refractivity contribution < 1.29 is 32.6 Å². The maximum Gasteiger partial charge on any atom is 0.387 e. The lowest BCUT2D eigenvalue weighted by Crippen LogP contribution is -2.29. The van der Waals surface area contributed by atoms with E-state index in [1.807, 2.05) is 31.2 Å². The first-order valence-corrected chi connectivity index (χ1v) is 9.07. The fourth-order valence-electron chi connectivity index (χ4n) is 2.73. The zero-order chi connectivity index (χ0) is 22.1. The molecule has 2 rings (SSSR count). The van der Waals surface area contributed by atoms with Gasteiger partial charge in [0.1, 0.15) is 0 Å². The van der Waals surface area contributed by atoms with Crippen LogP contribution in [-0.2, 0) is 14.3 Å².